The van der Waals surface area contributed by atoms with Gasteiger partial charge in [0.25, 0.3) is 0 Å². The maximum atomic E-state index is 13.7. The number of hydrogen-bond acceptors (Lipinski definition) is 4. The summed E-state index contributed by atoms with van der Waals surface area (Å²) < 4.78 is 51.6. The van der Waals surface area contributed by atoms with Gasteiger partial charge in [-0.2, -0.15) is 13.2 Å². The van der Waals surface area contributed by atoms with Gasteiger partial charge in [-0.1, -0.05) is 36.4 Å². The lowest BCUT2D eigenvalue weighted by molar-refractivity contribution is -0.182. The van der Waals surface area contributed by atoms with Crippen LogP contribution in [-0.4, -0.2) is 19.3 Å². The molecule has 0 saturated carbocycles. The van der Waals surface area contributed by atoms with Crippen LogP contribution < -0.4 is 15.3 Å². The van der Waals surface area contributed by atoms with Gasteiger partial charge in [0.15, 0.2) is 11.7 Å². The second-order valence-corrected chi connectivity index (χ2v) is 6.27. The van der Waals surface area contributed by atoms with Gasteiger partial charge in [-0.05, 0) is 24.1 Å². The zero-order valence-corrected chi connectivity index (χ0v) is 14.4. The molecule has 2 aromatic carbocycles. The smallest absolute Gasteiger partial charge is 0.406 e. The first-order valence-electron chi connectivity index (χ1n) is 8.18. The topological polar surface area (TPSA) is 47.9 Å². The molecule has 2 aliphatic heterocycles. The van der Waals surface area contributed by atoms with Crippen LogP contribution in [0.1, 0.15) is 11.1 Å². The number of hydrogen-bond donors (Lipinski definition) is 0. The molecule has 138 valence electrons. The van der Waals surface area contributed by atoms with Crippen molar-refractivity contribution in [3.63, 3.8) is 0 Å². The summed E-state index contributed by atoms with van der Waals surface area (Å²) in [5.41, 5.74) is 0.820. The molecule has 4 rings (SSSR count). The molecule has 0 N–H and O–H groups in total. The van der Waals surface area contributed by atoms with Crippen molar-refractivity contribution in [2.45, 2.75) is 13.1 Å². The predicted molar refractivity (Wildman–Crippen MR) is 90.9 cm³/mol. The van der Waals surface area contributed by atoms with Crippen LogP contribution in [0.4, 0.5) is 13.2 Å². The van der Waals surface area contributed by atoms with Gasteiger partial charge in [0, 0.05) is 5.57 Å². The Hall–Kier alpha value is -3.09. The molecule has 1 atom stereocenters. The number of halogens is 3. The molecular weight excluding hydrogens is 359 g/mol. The highest BCUT2D eigenvalue weighted by atomic mass is 19.4. The first-order chi connectivity index (χ1) is 12.8. The summed E-state index contributed by atoms with van der Waals surface area (Å²) in [6.07, 6.45) is -4.80. The largest absolute Gasteiger partial charge is 0.494 e. The van der Waals surface area contributed by atoms with Crippen LogP contribution >= 0.6 is 0 Å². The second kappa shape index (κ2) is 5.97. The number of alkyl halides is 3. The van der Waals surface area contributed by atoms with Crippen molar-refractivity contribution in [1.29, 1.82) is 0 Å². The van der Waals surface area contributed by atoms with Crippen LogP contribution in [-0.2, 0) is 9.53 Å². The molecular formula is C20H14F3NO3. The summed E-state index contributed by atoms with van der Waals surface area (Å²) in [5.74, 6) is -3.31. The first-order valence-corrected chi connectivity index (χ1v) is 8.18. The van der Waals surface area contributed by atoms with Gasteiger partial charge >= 0.3 is 12.1 Å². The minimum atomic E-state index is -4.80. The average Bonchev–Trinajstić information content (AvgIpc) is 3.00. The van der Waals surface area contributed by atoms with Crippen molar-refractivity contribution >= 4 is 17.3 Å². The van der Waals surface area contributed by atoms with Crippen LogP contribution in [0, 0.1) is 12.8 Å². The van der Waals surface area contributed by atoms with Crippen LogP contribution in [0.5, 0.6) is 5.75 Å². The van der Waals surface area contributed by atoms with E-state index in [2.05, 4.69) is 4.99 Å². The average molecular weight is 373 g/mol. The third-order valence-electron chi connectivity index (χ3n) is 4.63. The second-order valence-electron chi connectivity index (χ2n) is 6.27. The molecule has 0 fully saturated rings. The summed E-state index contributed by atoms with van der Waals surface area (Å²) in [6.45, 7) is 1.77. The van der Waals surface area contributed by atoms with Crippen molar-refractivity contribution in [2.75, 3.05) is 7.11 Å². The normalized spacial score (nSPS) is 18.6. The lowest BCUT2D eigenvalue weighted by Crippen LogP contribution is -2.37. The SMILES string of the molecule is COc1ccc(C)c2c1=NC1=C(c3ccccc3)C(C(F)(F)F)C(=O)OC=21. The molecule has 0 spiro atoms. The number of rotatable bonds is 2. The number of benzene rings is 2. The molecule has 4 nitrogen and oxygen atoms in total. The molecule has 0 aromatic heterocycles. The quantitative estimate of drug-likeness (QED) is 0.761. The van der Waals surface area contributed by atoms with E-state index in [9.17, 15) is 18.0 Å². The van der Waals surface area contributed by atoms with Gasteiger partial charge in [0.05, 0.1) is 12.3 Å². The minimum Gasteiger partial charge on any atom is -0.494 e. The third-order valence-corrected chi connectivity index (χ3v) is 4.63. The van der Waals surface area contributed by atoms with E-state index in [0.717, 1.165) is 5.56 Å². The monoisotopic (exact) mass is 373 g/mol. The van der Waals surface area contributed by atoms with Gasteiger partial charge in [-0.15, -0.1) is 0 Å². The van der Waals surface area contributed by atoms with E-state index in [1.807, 2.05) is 0 Å². The fourth-order valence-corrected chi connectivity index (χ4v) is 3.43. The van der Waals surface area contributed by atoms with Crippen molar-refractivity contribution in [1.82, 2.24) is 0 Å². The highest BCUT2D eigenvalue weighted by molar-refractivity contribution is 6.00. The molecule has 2 heterocycles. The number of fused-ring (bicyclic) bond motifs is 2. The van der Waals surface area contributed by atoms with Crippen molar-refractivity contribution in [2.24, 2.45) is 10.9 Å². The number of nitrogens with zero attached hydrogens (tertiary/aromatic N) is 1. The molecule has 27 heavy (non-hydrogen) atoms. The van der Waals surface area contributed by atoms with Crippen molar-refractivity contribution in [3.05, 3.63) is 69.9 Å². The Morgan fingerprint density at radius 1 is 1.11 bits per heavy atom. The number of aryl methyl sites for hydroxylation is 1. The lowest BCUT2D eigenvalue weighted by atomic mass is 9.87. The molecule has 0 saturated heterocycles. The van der Waals surface area contributed by atoms with E-state index in [1.165, 1.54) is 19.2 Å². The number of carbonyl (C=O) groups excluding carboxylic acids is 1. The minimum absolute atomic E-state index is 0.0192. The summed E-state index contributed by atoms with van der Waals surface area (Å²) in [7, 11) is 1.45. The van der Waals surface area contributed by atoms with Gasteiger partial charge in [-0.3, -0.25) is 4.79 Å². The molecule has 7 heteroatoms. The number of ether oxygens (including phenoxy) is 2. The Bertz CT molecular complexity index is 1100. The fraction of sp³-hybridized carbons (Fsp3) is 0.200. The number of methoxy groups -OCH3 is 1. The molecule has 0 radical (unpaired) electrons. The van der Waals surface area contributed by atoms with E-state index in [1.54, 1.807) is 37.3 Å². The van der Waals surface area contributed by atoms with Gasteiger partial charge in [0.1, 0.15) is 16.8 Å². The van der Waals surface area contributed by atoms with E-state index in [-0.39, 0.29) is 22.6 Å². The van der Waals surface area contributed by atoms with Crippen molar-refractivity contribution in [3.8, 4) is 5.75 Å². The van der Waals surface area contributed by atoms with E-state index in [4.69, 9.17) is 9.47 Å². The van der Waals surface area contributed by atoms with Crippen LogP contribution in [0.3, 0.4) is 0 Å². The molecule has 2 aromatic rings. The fourth-order valence-electron chi connectivity index (χ4n) is 3.43. The molecule has 0 amide bonds. The standard InChI is InChI=1S/C20H14F3NO3/c1-10-8-9-12(26-2)16-13(10)18-17(24-16)14(11-6-4-3-5-7-11)15(19(25)27-18)20(21,22)23/h3-9,15H,1-2H3. The van der Waals surface area contributed by atoms with Crippen molar-refractivity contribution < 1.29 is 27.4 Å². The van der Waals surface area contributed by atoms with E-state index >= 15 is 0 Å². The molecule has 1 unspecified atom stereocenters. The highest BCUT2D eigenvalue weighted by Gasteiger charge is 2.53. The Morgan fingerprint density at radius 3 is 2.44 bits per heavy atom. The summed E-state index contributed by atoms with van der Waals surface area (Å²) >= 11 is 0. The zero-order valence-electron chi connectivity index (χ0n) is 14.4. The zero-order chi connectivity index (χ0) is 19.3. The summed E-state index contributed by atoms with van der Waals surface area (Å²) in [4.78, 5) is 16.8. The Balaban J connectivity index is 2.14. The van der Waals surface area contributed by atoms with Crippen LogP contribution in [0.2, 0.25) is 0 Å². The molecule has 0 aliphatic carbocycles. The maximum Gasteiger partial charge on any atom is 0.406 e. The number of esters is 1. The predicted octanol–water partition coefficient (Wildman–Crippen LogP) is 2.89. The Kier molecular flexibility index (Phi) is 3.83. The first kappa shape index (κ1) is 17.3. The van der Waals surface area contributed by atoms with Gasteiger partial charge in [0.2, 0.25) is 0 Å². The summed E-state index contributed by atoms with van der Waals surface area (Å²) in [5, 5.41) is 0.846. The van der Waals surface area contributed by atoms with E-state index < -0.39 is 18.1 Å². The van der Waals surface area contributed by atoms with Crippen LogP contribution in [0.15, 0.2) is 53.2 Å². The lowest BCUT2D eigenvalue weighted by Gasteiger charge is -2.28. The van der Waals surface area contributed by atoms with E-state index in [0.29, 0.717) is 16.3 Å². The van der Waals surface area contributed by atoms with Gasteiger partial charge in [-0.25, -0.2) is 4.99 Å². The number of carbonyl (C=O) groups is 1. The molecule has 0 bridgehead atoms. The molecule has 2 aliphatic rings. The summed E-state index contributed by atoms with van der Waals surface area (Å²) in [6, 6.07) is 11.4. The highest BCUT2D eigenvalue weighted by Crippen LogP contribution is 2.45. The van der Waals surface area contributed by atoms with Gasteiger partial charge < -0.3 is 9.47 Å². The third kappa shape index (κ3) is 2.61. The maximum absolute atomic E-state index is 13.7. The van der Waals surface area contributed by atoms with Crippen LogP contribution in [0.25, 0.3) is 11.3 Å². The Morgan fingerprint density at radius 2 is 1.81 bits per heavy atom. The Labute approximate surface area is 152 Å².